The first-order valence-corrected chi connectivity index (χ1v) is 14.4. The quantitative estimate of drug-likeness (QED) is 0.226. The van der Waals surface area contributed by atoms with Crippen molar-refractivity contribution >= 4 is 28.4 Å². The monoisotopic (exact) mass is 559 g/mol. The number of carbonyl (C=O) groups is 2. The van der Waals surface area contributed by atoms with Gasteiger partial charge in [-0.2, -0.15) is 5.10 Å². The number of likely N-dealkylation sites (tertiary alicyclic amines) is 1. The number of methoxy groups -OCH3 is 1. The topological polar surface area (TPSA) is 92.2 Å². The zero-order valence-electron chi connectivity index (χ0n) is 23.8. The number of fused-ring (bicyclic) bond motifs is 1. The van der Waals surface area contributed by atoms with E-state index in [1.165, 1.54) is 12.3 Å². The van der Waals surface area contributed by atoms with Crippen LogP contribution in [0, 0.1) is 12.7 Å². The number of rotatable bonds is 11. The summed E-state index contributed by atoms with van der Waals surface area (Å²) < 4.78 is 22.4. The normalized spacial score (nSPS) is 15.4. The molecule has 3 heterocycles. The molecule has 0 saturated carbocycles. The number of anilines is 1. The van der Waals surface area contributed by atoms with Crippen molar-refractivity contribution in [3.63, 3.8) is 0 Å². The number of halogens is 1. The molecule has 1 atom stereocenters. The van der Waals surface area contributed by atoms with Gasteiger partial charge in [-0.25, -0.2) is 4.39 Å². The second kappa shape index (κ2) is 13.1. The van der Waals surface area contributed by atoms with E-state index in [4.69, 9.17) is 4.74 Å². The maximum atomic E-state index is 15.0. The molecule has 2 aromatic heterocycles. The Kier molecular flexibility index (Phi) is 9.14. The fourth-order valence-electron chi connectivity index (χ4n) is 6.04. The fraction of sp³-hybridized carbons (Fsp3) is 0.406. The number of aryl methyl sites for hydroxylation is 3. The minimum Gasteiger partial charge on any atom is -0.385 e. The SMILES string of the molecule is COCCCn1c(C2CCCN(C(=O)CCCc3ccc(NC(=O)c4cn[nH]c4)cc3)C2)c(C)c2cccc(F)c21. The van der Waals surface area contributed by atoms with Crippen LogP contribution in [0.5, 0.6) is 0 Å². The van der Waals surface area contributed by atoms with Gasteiger partial charge in [-0.15, -0.1) is 0 Å². The average molecular weight is 560 g/mol. The first kappa shape index (κ1) is 28.5. The van der Waals surface area contributed by atoms with Crippen molar-refractivity contribution < 1.29 is 18.7 Å². The van der Waals surface area contributed by atoms with Gasteiger partial charge in [-0.3, -0.25) is 14.7 Å². The summed E-state index contributed by atoms with van der Waals surface area (Å²) in [6, 6.07) is 13.0. The Labute approximate surface area is 239 Å². The molecule has 1 fully saturated rings. The maximum Gasteiger partial charge on any atom is 0.258 e. The Balaban J connectivity index is 1.19. The van der Waals surface area contributed by atoms with Crippen LogP contribution in [-0.2, 0) is 22.5 Å². The van der Waals surface area contributed by atoms with Crippen LogP contribution in [0.25, 0.3) is 10.9 Å². The highest BCUT2D eigenvalue weighted by molar-refractivity contribution is 6.03. The molecule has 2 aromatic carbocycles. The summed E-state index contributed by atoms with van der Waals surface area (Å²) in [6.07, 6.45) is 7.77. The van der Waals surface area contributed by atoms with Crippen molar-refractivity contribution in [3.05, 3.63) is 83.1 Å². The molecule has 1 aliphatic rings. The minimum atomic E-state index is -0.215. The lowest BCUT2D eigenvalue weighted by molar-refractivity contribution is -0.132. The summed E-state index contributed by atoms with van der Waals surface area (Å²) in [5.74, 6) is -0.0737. The zero-order valence-corrected chi connectivity index (χ0v) is 23.8. The molecule has 0 bridgehead atoms. The van der Waals surface area contributed by atoms with Crippen LogP contribution >= 0.6 is 0 Å². The van der Waals surface area contributed by atoms with Gasteiger partial charge in [0.2, 0.25) is 5.91 Å². The van der Waals surface area contributed by atoms with Crippen LogP contribution < -0.4 is 5.32 Å². The van der Waals surface area contributed by atoms with Gasteiger partial charge in [0.1, 0.15) is 5.82 Å². The Hall–Kier alpha value is -3.98. The van der Waals surface area contributed by atoms with E-state index in [0.717, 1.165) is 60.9 Å². The van der Waals surface area contributed by atoms with Crippen molar-refractivity contribution in [2.45, 2.75) is 57.9 Å². The Morgan fingerprint density at radius 3 is 2.76 bits per heavy atom. The van der Waals surface area contributed by atoms with Gasteiger partial charge in [0.25, 0.3) is 5.91 Å². The van der Waals surface area contributed by atoms with Crippen molar-refractivity contribution in [2.24, 2.45) is 0 Å². The third-order valence-corrected chi connectivity index (χ3v) is 8.06. The van der Waals surface area contributed by atoms with Gasteiger partial charge in [0, 0.05) is 68.7 Å². The predicted octanol–water partition coefficient (Wildman–Crippen LogP) is 5.83. The maximum absolute atomic E-state index is 15.0. The Morgan fingerprint density at radius 1 is 1.17 bits per heavy atom. The molecule has 41 heavy (non-hydrogen) atoms. The molecule has 0 aliphatic carbocycles. The molecule has 0 spiro atoms. The third kappa shape index (κ3) is 6.51. The third-order valence-electron chi connectivity index (χ3n) is 8.06. The molecule has 216 valence electrons. The van der Waals surface area contributed by atoms with E-state index in [1.54, 1.807) is 19.4 Å². The van der Waals surface area contributed by atoms with Crippen molar-refractivity contribution in [2.75, 3.05) is 32.1 Å². The number of carbonyl (C=O) groups excluding carboxylic acids is 2. The first-order valence-electron chi connectivity index (χ1n) is 14.4. The van der Waals surface area contributed by atoms with E-state index >= 15 is 0 Å². The molecule has 9 heteroatoms. The number of H-pyrrole nitrogens is 1. The summed E-state index contributed by atoms with van der Waals surface area (Å²) in [5.41, 5.74) is 5.23. The summed E-state index contributed by atoms with van der Waals surface area (Å²) in [5, 5.41) is 10.2. The number of nitrogens with one attached hydrogen (secondary N) is 2. The highest BCUT2D eigenvalue weighted by Crippen LogP contribution is 2.36. The minimum absolute atomic E-state index is 0.171. The first-order chi connectivity index (χ1) is 20.0. The number of ether oxygens (including phenoxy) is 1. The highest BCUT2D eigenvalue weighted by atomic mass is 19.1. The van der Waals surface area contributed by atoms with Crippen LogP contribution in [0.15, 0.2) is 54.9 Å². The summed E-state index contributed by atoms with van der Waals surface area (Å²) >= 11 is 0. The van der Waals surface area contributed by atoms with Crippen LogP contribution in [0.4, 0.5) is 10.1 Å². The Morgan fingerprint density at radius 2 is 2.00 bits per heavy atom. The zero-order chi connectivity index (χ0) is 28.8. The number of hydrogen-bond donors (Lipinski definition) is 2. The van der Waals surface area contributed by atoms with Crippen LogP contribution in [0.3, 0.4) is 0 Å². The smallest absolute Gasteiger partial charge is 0.258 e. The van der Waals surface area contributed by atoms with Gasteiger partial charge in [-0.05, 0) is 68.4 Å². The van der Waals surface area contributed by atoms with Crippen molar-refractivity contribution in [1.82, 2.24) is 19.7 Å². The van der Waals surface area contributed by atoms with E-state index in [-0.39, 0.29) is 23.5 Å². The molecule has 1 aliphatic heterocycles. The number of aromatic nitrogens is 3. The molecule has 2 amide bonds. The van der Waals surface area contributed by atoms with Crippen LogP contribution in [-0.4, -0.2) is 58.3 Å². The van der Waals surface area contributed by atoms with E-state index in [1.807, 2.05) is 35.2 Å². The lowest BCUT2D eigenvalue weighted by Gasteiger charge is -2.34. The number of piperidine rings is 1. The summed E-state index contributed by atoms with van der Waals surface area (Å²) in [4.78, 5) is 27.4. The van der Waals surface area contributed by atoms with Gasteiger partial charge in [0.05, 0.1) is 17.3 Å². The van der Waals surface area contributed by atoms with Gasteiger partial charge < -0.3 is 19.5 Å². The van der Waals surface area contributed by atoms with Gasteiger partial charge in [-0.1, -0.05) is 24.3 Å². The van der Waals surface area contributed by atoms with E-state index in [9.17, 15) is 14.0 Å². The Bertz CT molecular complexity index is 1480. The second-order valence-electron chi connectivity index (χ2n) is 10.8. The molecule has 4 aromatic rings. The largest absolute Gasteiger partial charge is 0.385 e. The van der Waals surface area contributed by atoms with E-state index in [0.29, 0.717) is 42.9 Å². The lowest BCUT2D eigenvalue weighted by Crippen LogP contribution is -2.39. The van der Waals surface area contributed by atoms with Gasteiger partial charge >= 0.3 is 0 Å². The van der Waals surface area contributed by atoms with Crippen LogP contribution in [0.1, 0.15) is 65.2 Å². The number of aromatic amines is 1. The van der Waals surface area contributed by atoms with E-state index < -0.39 is 0 Å². The van der Waals surface area contributed by atoms with Crippen LogP contribution in [0.2, 0.25) is 0 Å². The number of benzene rings is 2. The standard InChI is InChI=1S/C32H38FN5O3/c1-22-27-9-4-10-28(33)31(27)38(17-6-18-41-2)30(22)24-8-5-16-37(21-24)29(39)11-3-7-23-12-14-26(15-13-23)36-32(40)25-19-34-35-20-25/h4,9-10,12-15,19-20,24H,3,5-8,11,16-18,21H2,1-2H3,(H,34,35)(H,36,40). The number of amides is 2. The summed E-state index contributed by atoms with van der Waals surface area (Å²) in [7, 11) is 1.68. The average Bonchev–Trinajstić information content (AvgIpc) is 3.62. The molecule has 5 rings (SSSR count). The second-order valence-corrected chi connectivity index (χ2v) is 10.8. The number of nitrogens with zero attached hydrogens (tertiary/aromatic N) is 3. The molecule has 2 N–H and O–H groups in total. The predicted molar refractivity (Wildman–Crippen MR) is 158 cm³/mol. The van der Waals surface area contributed by atoms with Crippen molar-refractivity contribution in [1.29, 1.82) is 0 Å². The lowest BCUT2D eigenvalue weighted by atomic mass is 9.91. The molecule has 0 radical (unpaired) electrons. The van der Waals surface area contributed by atoms with E-state index in [2.05, 4.69) is 27.0 Å². The molecule has 1 saturated heterocycles. The van der Waals surface area contributed by atoms with Crippen molar-refractivity contribution in [3.8, 4) is 0 Å². The fourth-order valence-corrected chi connectivity index (χ4v) is 6.04. The molecular weight excluding hydrogens is 521 g/mol. The molecule has 8 nitrogen and oxygen atoms in total. The van der Waals surface area contributed by atoms with Gasteiger partial charge in [0.15, 0.2) is 0 Å². The highest BCUT2D eigenvalue weighted by Gasteiger charge is 2.29. The summed E-state index contributed by atoms with van der Waals surface area (Å²) in [6.45, 7) is 4.80. The molecular formula is C32H38FN5O3. The number of hydrogen-bond acceptors (Lipinski definition) is 4. The number of para-hydroxylation sites is 1. The molecule has 1 unspecified atom stereocenters.